The van der Waals surface area contributed by atoms with Gasteiger partial charge in [0.15, 0.2) is 11.0 Å². The van der Waals surface area contributed by atoms with Crippen molar-refractivity contribution >= 4 is 23.4 Å². The maximum atomic E-state index is 12.1. The minimum atomic E-state index is -0.0795. The molecule has 0 bridgehead atoms. The second kappa shape index (κ2) is 7.94. The van der Waals surface area contributed by atoms with Crippen molar-refractivity contribution in [1.29, 1.82) is 0 Å². The zero-order valence-electron chi connectivity index (χ0n) is 14.1. The molecule has 2 heterocycles. The number of hydrogen-bond acceptors (Lipinski definition) is 5. The molecule has 0 aliphatic carbocycles. The number of H-pyrrole nitrogens is 1. The van der Waals surface area contributed by atoms with Crippen LogP contribution >= 0.6 is 11.8 Å². The molecule has 25 heavy (non-hydrogen) atoms. The Balaban J connectivity index is 1.53. The molecule has 1 amide bonds. The van der Waals surface area contributed by atoms with Crippen LogP contribution in [0.1, 0.15) is 25.3 Å². The molecule has 6 nitrogen and oxygen atoms in total. The average molecular weight is 353 g/mol. The molecule has 3 rings (SSSR count). The molecular weight excluding hydrogens is 334 g/mol. The lowest BCUT2D eigenvalue weighted by molar-refractivity contribution is -0.113. The number of amides is 1. The second-order valence-corrected chi connectivity index (χ2v) is 6.79. The summed E-state index contributed by atoms with van der Waals surface area (Å²) in [6.07, 6.45) is 3.39. The van der Waals surface area contributed by atoms with E-state index in [-0.39, 0.29) is 11.7 Å². The minimum absolute atomic E-state index is 0.0795. The van der Waals surface area contributed by atoms with Crippen LogP contribution in [0.25, 0.3) is 11.4 Å². The first-order chi connectivity index (χ1) is 12.1. The molecule has 0 aliphatic rings. The van der Waals surface area contributed by atoms with Crippen LogP contribution in [0.3, 0.4) is 0 Å². The van der Waals surface area contributed by atoms with Crippen molar-refractivity contribution < 1.29 is 4.79 Å². The number of anilines is 1. The van der Waals surface area contributed by atoms with Crippen molar-refractivity contribution in [2.24, 2.45) is 0 Å². The second-order valence-electron chi connectivity index (χ2n) is 5.83. The van der Waals surface area contributed by atoms with Gasteiger partial charge in [0.05, 0.1) is 5.75 Å². The SMILES string of the molecule is CC(C)c1ccc(NC(=O)CSc2nnc(-c3ccncc3)[nH]2)cc1. The number of nitrogens with zero attached hydrogens (tertiary/aromatic N) is 3. The third-order valence-electron chi connectivity index (χ3n) is 3.62. The normalized spacial score (nSPS) is 10.8. The van der Waals surface area contributed by atoms with Gasteiger partial charge in [-0.1, -0.05) is 37.7 Å². The first-order valence-corrected chi connectivity index (χ1v) is 8.96. The lowest BCUT2D eigenvalue weighted by atomic mass is 10.0. The van der Waals surface area contributed by atoms with E-state index in [1.54, 1.807) is 12.4 Å². The Morgan fingerprint density at radius 3 is 2.52 bits per heavy atom. The Morgan fingerprint density at radius 2 is 1.84 bits per heavy atom. The third-order valence-corrected chi connectivity index (χ3v) is 4.48. The molecule has 0 radical (unpaired) electrons. The van der Waals surface area contributed by atoms with Gasteiger partial charge in [0.1, 0.15) is 0 Å². The van der Waals surface area contributed by atoms with E-state index in [9.17, 15) is 4.79 Å². The number of pyridine rings is 1. The highest BCUT2D eigenvalue weighted by Gasteiger charge is 2.09. The fraction of sp³-hybridized carbons (Fsp3) is 0.222. The fourth-order valence-corrected chi connectivity index (χ4v) is 2.84. The number of nitrogens with one attached hydrogen (secondary N) is 2. The van der Waals surface area contributed by atoms with Gasteiger partial charge in [-0.25, -0.2) is 0 Å². The number of aromatic nitrogens is 4. The van der Waals surface area contributed by atoms with Gasteiger partial charge >= 0.3 is 0 Å². The van der Waals surface area contributed by atoms with Gasteiger partial charge in [0.25, 0.3) is 0 Å². The molecule has 0 atom stereocenters. The maximum Gasteiger partial charge on any atom is 0.234 e. The summed E-state index contributed by atoms with van der Waals surface area (Å²) in [5.41, 5.74) is 2.95. The molecule has 0 aliphatic heterocycles. The van der Waals surface area contributed by atoms with Crippen LogP contribution in [0, 0.1) is 0 Å². The predicted molar refractivity (Wildman–Crippen MR) is 99.5 cm³/mol. The quantitative estimate of drug-likeness (QED) is 0.660. The molecule has 0 saturated heterocycles. The number of carbonyl (C=O) groups excluding carboxylic acids is 1. The summed E-state index contributed by atoms with van der Waals surface area (Å²) < 4.78 is 0. The zero-order chi connectivity index (χ0) is 17.6. The summed E-state index contributed by atoms with van der Waals surface area (Å²) in [5.74, 6) is 1.32. The zero-order valence-corrected chi connectivity index (χ0v) is 14.9. The van der Waals surface area contributed by atoms with E-state index in [0.29, 0.717) is 16.9 Å². The van der Waals surface area contributed by atoms with E-state index in [0.717, 1.165) is 11.3 Å². The third kappa shape index (κ3) is 4.67. The minimum Gasteiger partial charge on any atom is -0.325 e. The number of hydrogen-bond donors (Lipinski definition) is 2. The van der Waals surface area contributed by atoms with Gasteiger partial charge in [-0.15, -0.1) is 10.2 Å². The largest absolute Gasteiger partial charge is 0.325 e. The van der Waals surface area contributed by atoms with Gasteiger partial charge in [-0.2, -0.15) is 0 Å². The molecule has 0 unspecified atom stereocenters. The Kier molecular flexibility index (Phi) is 5.45. The Hall–Kier alpha value is -2.67. The smallest absolute Gasteiger partial charge is 0.234 e. The van der Waals surface area contributed by atoms with E-state index in [2.05, 4.69) is 39.3 Å². The van der Waals surface area contributed by atoms with Crippen molar-refractivity contribution in [3.05, 3.63) is 54.4 Å². The Labute approximate surface area is 150 Å². The molecule has 1 aromatic carbocycles. The highest BCUT2D eigenvalue weighted by molar-refractivity contribution is 7.99. The molecule has 128 valence electrons. The summed E-state index contributed by atoms with van der Waals surface area (Å²) in [5, 5.41) is 11.6. The van der Waals surface area contributed by atoms with E-state index in [4.69, 9.17) is 0 Å². The van der Waals surface area contributed by atoms with Crippen LogP contribution in [0.4, 0.5) is 5.69 Å². The van der Waals surface area contributed by atoms with Crippen molar-refractivity contribution in [1.82, 2.24) is 20.2 Å². The molecule has 3 aromatic rings. The first kappa shape index (κ1) is 17.2. The highest BCUT2D eigenvalue weighted by Crippen LogP contribution is 2.20. The van der Waals surface area contributed by atoms with Gasteiger partial charge in [0.2, 0.25) is 5.91 Å². The average Bonchev–Trinajstić information content (AvgIpc) is 3.10. The van der Waals surface area contributed by atoms with Crippen LogP contribution in [-0.2, 0) is 4.79 Å². The molecule has 2 aromatic heterocycles. The lowest BCUT2D eigenvalue weighted by Gasteiger charge is -2.08. The number of aromatic amines is 1. The number of rotatable bonds is 6. The number of benzene rings is 1. The lowest BCUT2D eigenvalue weighted by Crippen LogP contribution is -2.14. The van der Waals surface area contributed by atoms with Gasteiger partial charge < -0.3 is 10.3 Å². The van der Waals surface area contributed by atoms with Crippen LogP contribution in [0.15, 0.2) is 53.9 Å². The molecule has 0 fully saturated rings. The number of thioether (sulfide) groups is 1. The first-order valence-electron chi connectivity index (χ1n) is 7.97. The summed E-state index contributed by atoms with van der Waals surface area (Å²) in [7, 11) is 0. The van der Waals surface area contributed by atoms with Crippen molar-refractivity contribution in [3.8, 4) is 11.4 Å². The van der Waals surface area contributed by atoms with Crippen molar-refractivity contribution in [2.45, 2.75) is 24.9 Å². The van der Waals surface area contributed by atoms with Crippen molar-refractivity contribution in [2.75, 3.05) is 11.1 Å². The van der Waals surface area contributed by atoms with E-state index in [1.165, 1.54) is 17.3 Å². The Morgan fingerprint density at radius 1 is 1.12 bits per heavy atom. The van der Waals surface area contributed by atoms with E-state index >= 15 is 0 Å². The molecule has 0 spiro atoms. The van der Waals surface area contributed by atoms with Gasteiger partial charge in [-0.05, 0) is 35.7 Å². The summed E-state index contributed by atoms with van der Waals surface area (Å²) >= 11 is 1.31. The number of carbonyl (C=O) groups is 1. The summed E-state index contributed by atoms with van der Waals surface area (Å²) in [4.78, 5) is 19.2. The highest BCUT2D eigenvalue weighted by atomic mass is 32.2. The fourth-order valence-electron chi connectivity index (χ4n) is 2.23. The standard InChI is InChI=1S/C18H19N5OS/c1-12(2)13-3-5-15(6-4-13)20-16(24)11-25-18-21-17(22-23-18)14-7-9-19-10-8-14/h3-10,12H,11H2,1-2H3,(H,20,24)(H,21,22,23). The van der Waals surface area contributed by atoms with Crippen LogP contribution < -0.4 is 5.32 Å². The molecule has 0 saturated carbocycles. The molecular formula is C18H19N5OS. The van der Waals surface area contributed by atoms with Crippen molar-refractivity contribution in [3.63, 3.8) is 0 Å². The maximum absolute atomic E-state index is 12.1. The van der Waals surface area contributed by atoms with Gasteiger partial charge in [0, 0.05) is 23.6 Å². The van der Waals surface area contributed by atoms with E-state index < -0.39 is 0 Å². The topological polar surface area (TPSA) is 83.6 Å². The monoisotopic (exact) mass is 353 g/mol. The molecule has 2 N–H and O–H groups in total. The van der Waals surface area contributed by atoms with Gasteiger partial charge in [-0.3, -0.25) is 9.78 Å². The summed E-state index contributed by atoms with van der Waals surface area (Å²) in [6, 6.07) is 11.6. The van der Waals surface area contributed by atoms with Crippen LogP contribution in [0.5, 0.6) is 0 Å². The van der Waals surface area contributed by atoms with Crippen LogP contribution in [0.2, 0.25) is 0 Å². The molecule has 7 heteroatoms. The van der Waals surface area contributed by atoms with E-state index in [1.807, 2.05) is 36.4 Å². The van der Waals surface area contributed by atoms with Crippen LogP contribution in [-0.4, -0.2) is 31.8 Å². The summed E-state index contributed by atoms with van der Waals surface area (Å²) in [6.45, 7) is 4.28. The Bertz CT molecular complexity index is 830. The predicted octanol–water partition coefficient (Wildman–Crippen LogP) is 3.72.